The van der Waals surface area contributed by atoms with E-state index in [1.165, 1.54) is 12.1 Å². The van der Waals surface area contributed by atoms with Crippen LogP contribution in [0.15, 0.2) is 24.3 Å². The van der Waals surface area contributed by atoms with E-state index < -0.39 is 23.6 Å². The van der Waals surface area contributed by atoms with Crippen LogP contribution in [0.25, 0.3) is 0 Å². The highest BCUT2D eigenvalue weighted by molar-refractivity contribution is 5.70. The highest BCUT2D eigenvalue weighted by Crippen LogP contribution is 2.32. The van der Waals surface area contributed by atoms with Gasteiger partial charge in [-0.3, -0.25) is 9.69 Å². The maximum Gasteiger partial charge on any atom is 0.416 e. The van der Waals surface area contributed by atoms with E-state index in [1.807, 2.05) is 4.90 Å². The summed E-state index contributed by atoms with van der Waals surface area (Å²) in [5.41, 5.74) is 5.69. The normalized spacial score (nSPS) is 21.4. The summed E-state index contributed by atoms with van der Waals surface area (Å²) < 4.78 is 37.6. The summed E-state index contributed by atoms with van der Waals surface area (Å²) in [6.45, 7) is 1.19. The van der Waals surface area contributed by atoms with E-state index in [-0.39, 0.29) is 12.6 Å². The van der Waals surface area contributed by atoms with Gasteiger partial charge in [-0.1, -0.05) is 12.1 Å². The number of carboxylic acids is 1. The first-order valence-corrected chi connectivity index (χ1v) is 6.67. The van der Waals surface area contributed by atoms with E-state index >= 15 is 0 Å². The van der Waals surface area contributed by atoms with Gasteiger partial charge in [0.2, 0.25) is 0 Å². The summed E-state index contributed by atoms with van der Waals surface area (Å²) in [5.74, 6) is -1.28. The van der Waals surface area contributed by atoms with Crippen molar-refractivity contribution in [3.8, 4) is 0 Å². The topological polar surface area (TPSA) is 66.6 Å². The SMILES string of the molecule is NCC(c1ccc(C(F)(F)F)cc1)N1CCC(C(=O)O)C1. The largest absolute Gasteiger partial charge is 0.481 e. The molecule has 0 radical (unpaired) electrons. The summed E-state index contributed by atoms with van der Waals surface area (Å²) in [6, 6.07) is 4.63. The Morgan fingerprint density at radius 3 is 2.43 bits per heavy atom. The van der Waals surface area contributed by atoms with Gasteiger partial charge in [-0.15, -0.1) is 0 Å². The molecule has 7 heteroatoms. The van der Waals surface area contributed by atoms with Crippen LogP contribution in [0.3, 0.4) is 0 Å². The summed E-state index contributed by atoms with van der Waals surface area (Å²) >= 11 is 0. The maximum absolute atomic E-state index is 12.5. The molecule has 2 atom stereocenters. The van der Waals surface area contributed by atoms with Crippen molar-refractivity contribution in [2.75, 3.05) is 19.6 Å². The van der Waals surface area contributed by atoms with E-state index in [0.717, 1.165) is 12.1 Å². The van der Waals surface area contributed by atoms with Crippen LogP contribution in [0, 0.1) is 5.92 Å². The molecule has 0 amide bonds. The number of hydrogen-bond donors (Lipinski definition) is 2. The Hall–Kier alpha value is -1.60. The lowest BCUT2D eigenvalue weighted by molar-refractivity contribution is -0.141. The lowest BCUT2D eigenvalue weighted by Gasteiger charge is -2.27. The van der Waals surface area contributed by atoms with Crippen LogP contribution in [0.2, 0.25) is 0 Å². The third kappa shape index (κ3) is 3.54. The van der Waals surface area contributed by atoms with Crippen LogP contribution in [0.1, 0.15) is 23.6 Å². The molecule has 1 aliphatic rings. The average molecular weight is 302 g/mol. The molecule has 1 aromatic rings. The van der Waals surface area contributed by atoms with Crippen molar-refractivity contribution in [2.24, 2.45) is 11.7 Å². The van der Waals surface area contributed by atoms with Gasteiger partial charge in [-0.25, -0.2) is 0 Å². The van der Waals surface area contributed by atoms with Crippen molar-refractivity contribution in [1.82, 2.24) is 4.90 Å². The number of nitrogens with two attached hydrogens (primary N) is 1. The third-order valence-corrected chi connectivity index (χ3v) is 3.86. The molecule has 116 valence electrons. The van der Waals surface area contributed by atoms with Crippen molar-refractivity contribution in [3.63, 3.8) is 0 Å². The molecule has 0 aliphatic carbocycles. The van der Waals surface area contributed by atoms with Crippen molar-refractivity contribution < 1.29 is 23.1 Å². The Morgan fingerprint density at radius 1 is 1.38 bits per heavy atom. The van der Waals surface area contributed by atoms with E-state index in [9.17, 15) is 18.0 Å². The lowest BCUT2D eigenvalue weighted by Crippen LogP contribution is -2.33. The zero-order valence-corrected chi connectivity index (χ0v) is 11.3. The van der Waals surface area contributed by atoms with Crippen molar-refractivity contribution in [3.05, 3.63) is 35.4 Å². The second-order valence-corrected chi connectivity index (χ2v) is 5.19. The minimum Gasteiger partial charge on any atom is -0.481 e. The Morgan fingerprint density at radius 2 is 2.00 bits per heavy atom. The maximum atomic E-state index is 12.5. The molecule has 0 spiro atoms. The van der Waals surface area contributed by atoms with Crippen LogP contribution in [-0.2, 0) is 11.0 Å². The van der Waals surface area contributed by atoms with Gasteiger partial charge in [-0.05, 0) is 30.7 Å². The van der Waals surface area contributed by atoms with Crippen LogP contribution in [0.4, 0.5) is 13.2 Å². The second kappa shape index (κ2) is 6.03. The molecular weight excluding hydrogens is 285 g/mol. The van der Waals surface area contributed by atoms with Crippen LogP contribution < -0.4 is 5.73 Å². The molecule has 4 nitrogen and oxygen atoms in total. The predicted octanol–water partition coefficient (Wildman–Crippen LogP) is 2.11. The fraction of sp³-hybridized carbons (Fsp3) is 0.500. The Kier molecular flexibility index (Phi) is 4.53. The fourth-order valence-electron chi connectivity index (χ4n) is 2.66. The number of benzene rings is 1. The van der Waals surface area contributed by atoms with E-state index in [4.69, 9.17) is 10.8 Å². The quantitative estimate of drug-likeness (QED) is 0.894. The second-order valence-electron chi connectivity index (χ2n) is 5.19. The standard InChI is InChI=1S/C14H17F3N2O2/c15-14(16,17)11-3-1-9(2-4-11)12(7-18)19-6-5-10(8-19)13(20)21/h1-4,10,12H,5-8,18H2,(H,20,21). The van der Waals surface area contributed by atoms with Crippen LogP contribution in [-0.4, -0.2) is 35.6 Å². The number of carbonyl (C=O) groups is 1. The van der Waals surface area contributed by atoms with Gasteiger partial charge in [0.05, 0.1) is 11.5 Å². The highest BCUT2D eigenvalue weighted by atomic mass is 19.4. The number of alkyl halides is 3. The molecule has 21 heavy (non-hydrogen) atoms. The van der Waals surface area contributed by atoms with E-state index in [2.05, 4.69) is 0 Å². The van der Waals surface area contributed by atoms with Gasteiger partial charge in [0, 0.05) is 19.1 Å². The molecule has 0 saturated carbocycles. The number of carboxylic acid groups (broad SMARTS) is 1. The molecule has 1 saturated heterocycles. The van der Waals surface area contributed by atoms with Gasteiger partial charge >= 0.3 is 12.1 Å². The smallest absolute Gasteiger partial charge is 0.416 e. The number of aliphatic carboxylic acids is 1. The molecule has 1 fully saturated rings. The Labute approximate surface area is 120 Å². The molecule has 2 unspecified atom stereocenters. The van der Waals surface area contributed by atoms with Gasteiger partial charge in [-0.2, -0.15) is 13.2 Å². The average Bonchev–Trinajstić information content (AvgIpc) is 2.89. The van der Waals surface area contributed by atoms with Crippen molar-refractivity contribution >= 4 is 5.97 Å². The summed E-state index contributed by atoms with van der Waals surface area (Å²) in [7, 11) is 0. The van der Waals surface area contributed by atoms with Crippen LogP contribution >= 0.6 is 0 Å². The van der Waals surface area contributed by atoms with Gasteiger partial charge in [0.25, 0.3) is 0 Å². The van der Waals surface area contributed by atoms with Crippen molar-refractivity contribution in [1.29, 1.82) is 0 Å². The first kappa shape index (κ1) is 15.8. The molecule has 1 heterocycles. The minimum atomic E-state index is -4.36. The zero-order valence-electron chi connectivity index (χ0n) is 11.3. The molecular formula is C14H17F3N2O2. The number of halogens is 3. The van der Waals surface area contributed by atoms with Crippen LogP contribution in [0.5, 0.6) is 0 Å². The lowest BCUT2D eigenvalue weighted by atomic mass is 10.0. The Balaban J connectivity index is 2.13. The first-order chi connectivity index (χ1) is 9.82. The third-order valence-electron chi connectivity index (χ3n) is 3.86. The summed E-state index contributed by atoms with van der Waals surface area (Å²) in [5, 5.41) is 9.00. The number of rotatable bonds is 4. The zero-order chi connectivity index (χ0) is 15.6. The highest BCUT2D eigenvalue weighted by Gasteiger charge is 2.33. The predicted molar refractivity (Wildman–Crippen MR) is 70.6 cm³/mol. The molecule has 2 rings (SSSR count). The van der Waals surface area contributed by atoms with Gasteiger partial charge in [0.1, 0.15) is 0 Å². The van der Waals surface area contributed by atoms with Crippen molar-refractivity contribution in [2.45, 2.75) is 18.6 Å². The molecule has 1 aromatic carbocycles. The van der Waals surface area contributed by atoms with E-state index in [1.54, 1.807) is 0 Å². The number of likely N-dealkylation sites (tertiary alicyclic amines) is 1. The number of hydrogen-bond acceptors (Lipinski definition) is 3. The minimum absolute atomic E-state index is 0.234. The molecule has 1 aliphatic heterocycles. The fourth-order valence-corrected chi connectivity index (χ4v) is 2.66. The number of nitrogens with zero attached hydrogens (tertiary/aromatic N) is 1. The molecule has 3 N–H and O–H groups in total. The summed E-state index contributed by atoms with van der Waals surface area (Å²) in [6.07, 6.45) is -3.83. The first-order valence-electron chi connectivity index (χ1n) is 6.67. The molecule has 0 aromatic heterocycles. The van der Waals surface area contributed by atoms with E-state index in [0.29, 0.717) is 25.1 Å². The monoisotopic (exact) mass is 302 g/mol. The van der Waals surface area contributed by atoms with Gasteiger partial charge < -0.3 is 10.8 Å². The summed E-state index contributed by atoms with van der Waals surface area (Å²) in [4.78, 5) is 12.9. The Bertz CT molecular complexity index is 502. The molecule has 0 bridgehead atoms. The van der Waals surface area contributed by atoms with Gasteiger partial charge in [0.15, 0.2) is 0 Å².